The molecule has 0 saturated heterocycles. The number of aliphatic hydroxyl groups is 2. The Kier molecular flexibility index (Phi) is 7.51. The third-order valence-electron chi connectivity index (χ3n) is 3.45. The van der Waals surface area contributed by atoms with Crippen LogP contribution in [0.15, 0.2) is 24.3 Å². The van der Waals surface area contributed by atoms with Gasteiger partial charge in [0.05, 0.1) is 13.2 Å². The summed E-state index contributed by atoms with van der Waals surface area (Å²) in [5, 5.41) is 20.7. The van der Waals surface area contributed by atoms with E-state index in [-0.39, 0.29) is 31.1 Å². The normalized spacial score (nSPS) is 11.7. The number of aliphatic hydroxyl groups excluding tert-OH is 2. The van der Waals surface area contributed by atoms with Crippen LogP contribution in [-0.4, -0.2) is 53.9 Å². The summed E-state index contributed by atoms with van der Waals surface area (Å²) in [7, 11) is 0. The summed E-state index contributed by atoms with van der Waals surface area (Å²) in [6.45, 7) is 7.75. The Bertz CT molecular complexity index is 452. The lowest BCUT2D eigenvalue weighted by atomic mass is 9.87. The Morgan fingerprint density at radius 3 is 2.23 bits per heavy atom. The zero-order chi connectivity index (χ0) is 16.6. The highest BCUT2D eigenvalue weighted by molar-refractivity contribution is 5.92. The van der Waals surface area contributed by atoms with Gasteiger partial charge in [0, 0.05) is 25.4 Å². The fraction of sp³-hybridized carbons (Fsp3) is 0.588. The largest absolute Gasteiger partial charge is 0.396 e. The van der Waals surface area contributed by atoms with E-state index in [1.807, 2.05) is 29.2 Å². The molecule has 1 aromatic rings. The quantitative estimate of drug-likeness (QED) is 0.682. The molecule has 0 unspecified atom stereocenters. The molecule has 1 aromatic carbocycles. The Morgan fingerprint density at radius 2 is 1.73 bits per heavy atom. The van der Waals surface area contributed by atoms with Gasteiger partial charge in [-0.1, -0.05) is 32.9 Å². The molecule has 0 saturated carbocycles. The number of hydrogen-bond acceptors (Lipinski definition) is 4. The van der Waals surface area contributed by atoms with Gasteiger partial charge in [-0.05, 0) is 29.5 Å². The second kappa shape index (κ2) is 8.88. The van der Waals surface area contributed by atoms with Gasteiger partial charge in [-0.25, -0.2) is 0 Å². The Labute approximate surface area is 133 Å². The minimum absolute atomic E-state index is 0.00100. The van der Waals surface area contributed by atoms with Crippen molar-refractivity contribution in [2.24, 2.45) is 0 Å². The van der Waals surface area contributed by atoms with Crippen molar-refractivity contribution >= 4 is 11.6 Å². The highest BCUT2D eigenvalue weighted by Crippen LogP contribution is 2.23. The highest BCUT2D eigenvalue weighted by Gasteiger charge is 2.14. The number of carbonyl (C=O) groups excluding carboxylic acids is 1. The van der Waals surface area contributed by atoms with Crippen molar-refractivity contribution < 1.29 is 15.0 Å². The summed E-state index contributed by atoms with van der Waals surface area (Å²) in [6.07, 6.45) is 0.591. The lowest BCUT2D eigenvalue weighted by Crippen LogP contribution is -2.36. The van der Waals surface area contributed by atoms with Gasteiger partial charge < -0.3 is 15.5 Å². The number of benzene rings is 1. The number of rotatable bonds is 8. The van der Waals surface area contributed by atoms with Gasteiger partial charge in [-0.3, -0.25) is 9.69 Å². The number of nitrogens with zero attached hydrogens (tertiary/aromatic N) is 1. The molecule has 0 heterocycles. The molecule has 0 bridgehead atoms. The molecule has 1 amide bonds. The molecule has 1 rings (SSSR count). The predicted octanol–water partition coefficient (Wildman–Crippen LogP) is 1.60. The molecular formula is C17H28N2O3. The minimum atomic E-state index is -0.116. The summed E-state index contributed by atoms with van der Waals surface area (Å²) < 4.78 is 0. The third-order valence-corrected chi connectivity index (χ3v) is 3.45. The van der Waals surface area contributed by atoms with E-state index in [1.54, 1.807) is 0 Å². The van der Waals surface area contributed by atoms with E-state index in [4.69, 9.17) is 10.2 Å². The van der Waals surface area contributed by atoms with Gasteiger partial charge in [0.25, 0.3) is 0 Å². The van der Waals surface area contributed by atoms with Crippen LogP contribution in [0.25, 0.3) is 0 Å². The van der Waals surface area contributed by atoms with Gasteiger partial charge in [0.15, 0.2) is 0 Å². The molecule has 0 aliphatic rings. The first kappa shape index (κ1) is 18.6. The molecule has 0 spiro atoms. The molecule has 22 heavy (non-hydrogen) atoms. The number of amides is 1. The smallest absolute Gasteiger partial charge is 0.238 e. The number of anilines is 1. The third kappa shape index (κ3) is 6.56. The van der Waals surface area contributed by atoms with E-state index in [0.29, 0.717) is 19.5 Å². The summed E-state index contributed by atoms with van der Waals surface area (Å²) >= 11 is 0. The topological polar surface area (TPSA) is 72.8 Å². The maximum absolute atomic E-state index is 12.0. The molecule has 3 N–H and O–H groups in total. The summed E-state index contributed by atoms with van der Waals surface area (Å²) in [6, 6.07) is 7.85. The average Bonchev–Trinajstić information content (AvgIpc) is 2.44. The molecule has 124 valence electrons. The van der Waals surface area contributed by atoms with E-state index >= 15 is 0 Å². The molecule has 0 fully saturated rings. The van der Waals surface area contributed by atoms with E-state index in [0.717, 1.165) is 5.69 Å². The van der Waals surface area contributed by atoms with Crippen molar-refractivity contribution in [1.82, 2.24) is 4.90 Å². The number of nitrogens with one attached hydrogen (secondary N) is 1. The average molecular weight is 308 g/mol. The molecule has 0 radical (unpaired) electrons. The van der Waals surface area contributed by atoms with Gasteiger partial charge in [-0.15, -0.1) is 0 Å². The lowest BCUT2D eigenvalue weighted by Gasteiger charge is -2.21. The Hall–Kier alpha value is -1.43. The first-order chi connectivity index (χ1) is 10.4. The first-order valence-corrected chi connectivity index (χ1v) is 7.71. The van der Waals surface area contributed by atoms with Crippen molar-refractivity contribution in [3.63, 3.8) is 0 Å². The van der Waals surface area contributed by atoms with Crippen LogP contribution in [0.4, 0.5) is 5.69 Å². The van der Waals surface area contributed by atoms with Crippen molar-refractivity contribution in [3.8, 4) is 0 Å². The van der Waals surface area contributed by atoms with E-state index in [2.05, 4.69) is 26.1 Å². The molecule has 5 heteroatoms. The van der Waals surface area contributed by atoms with Crippen molar-refractivity contribution in [2.75, 3.05) is 38.2 Å². The van der Waals surface area contributed by atoms with Crippen LogP contribution in [-0.2, 0) is 10.2 Å². The van der Waals surface area contributed by atoms with E-state index < -0.39 is 0 Å². The van der Waals surface area contributed by atoms with Crippen molar-refractivity contribution in [1.29, 1.82) is 0 Å². The highest BCUT2D eigenvalue weighted by atomic mass is 16.3. The summed E-state index contributed by atoms with van der Waals surface area (Å²) in [5.74, 6) is -0.116. The fourth-order valence-corrected chi connectivity index (χ4v) is 2.16. The van der Waals surface area contributed by atoms with Crippen molar-refractivity contribution in [2.45, 2.75) is 32.6 Å². The van der Waals surface area contributed by atoms with Gasteiger partial charge >= 0.3 is 0 Å². The molecule has 5 nitrogen and oxygen atoms in total. The number of carbonyl (C=O) groups is 1. The Morgan fingerprint density at radius 1 is 1.09 bits per heavy atom. The first-order valence-electron chi connectivity index (χ1n) is 7.71. The molecule has 0 aliphatic heterocycles. The molecular weight excluding hydrogens is 280 g/mol. The van der Waals surface area contributed by atoms with Gasteiger partial charge in [0.2, 0.25) is 5.91 Å². The standard InChI is InChI=1S/C17H28N2O3/c1-17(2,3)14-5-7-15(8-6-14)18-16(22)13-19(10-12-21)9-4-11-20/h5-8,20-21H,4,9-13H2,1-3H3,(H,18,22). The molecule has 0 aromatic heterocycles. The predicted molar refractivity (Wildman–Crippen MR) is 89.0 cm³/mol. The maximum atomic E-state index is 12.0. The van der Waals surface area contributed by atoms with Gasteiger partial charge in [0.1, 0.15) is 0 Å². The second-order valence-electron chi connectivity index (χ2n) is 6.45. The molecule has 0 aliphatic carbocycles. The number of hydrogen-bond donors (Lipinski definition) is 3. The molecule has 0 atom stereocenters. The summed E-state index contributed by atoms with van der Waals surface area (Å²) in [5.41, 5.74) is 2.07. The summed E-state index contributed by atoms with van der Waals surface area (Å²) in [4.78, 5) is 13.9. The fourth-order valence-electron chi connectivity index (χ4n) is 2.16. The Balaban J connectivity index is 2.56. The maximum Gasteiger partial charge on any atom is 0.238 e. The minimum Gasteiger partial charge on any atom is -0.396 e. The lowest BCUT2D eigenvalue weighted by molar-refractivity contribution is -0.117. The van der Waals surface area contributed by atoms with E-state index in [9.17, 15) is 4.79 Å². The van der Waals surface area contributed by atoms with Crippen LogP contribution in [0, 0.1) is 0 Å². The van der Waals surface area contributed by atoms with Crippen LogP contribution in [0.2, 0.25) is 0 Å². The van der Waals surface area contributed by atoms with Gasteiger partial charge in [-0.2, -0.15) is 0 Å². The SMILES string of the molecule is CC(C)(C)c1ccc(NC(=O)CN(CCO)CCCO)cc1. The van der Waals surface area contributed by atoms with Crippen LogP contribution < -0.4 is 5.32 Å². The zero-order valence-corrected chi connectivity index (χ0v) is 13.8. The van der Waals surface area contributed by atoms with Crippen LogP contribution in [0.1, 0.15) is 32.8 Å². The zero-order valence-electron chi connectivity index (χ0n) is 13.8. The van der Waals surface area contributed by atoms with Crippen LogP contribution in [0.5, 0.6) is 0 Å². The van der Waals surface area contributed by atoms with Crippen molar-refractivity contribution in [3.05, 3.63) is 29.8 Å². The van der Waals surface area contributed by atoms with Crippen LogP contribution in [0.3, 0.4) is 0 Å². The second-order valence-corrected chi connectivity index (χ2v) is 6.45. The van der Waals surface area contributed by atoms with E-state index in [1.165, 1.54) is 5.56 Å². The van der Waals surface area contributed by atoms with Crippen LogP contribution >= 0.6 is 0 Å². The monoisotopic (exact) mass is 308 g/mol.